The summed E-state index contributed by atoms with van der Waals surface area (Å²) >= 11 is 0. The molecule has 9 nitrogen and oxygen atoms in total. The van der Waals surface area contributed by atoms with Gasteiger partial charge in [-0.25, -0.2) is 4.52 Å². The number of nitrogens with zero attached hydrogens (tertiary/aromatic N) is 3. The smallest absolute Gasteiger partial charge is 0.259 e. The normalized spacial score (nSPS) is 11.0. The number of benzene rings is 2. The summed E-state index contributed by atoms with van der Waals surface area (Å²) in [5.41, 5.74) is 2.81. The molecule has 9 heteroatoms. The van der Waals surface area contributed by atoms with Crippen molar-refractivity contribution in [2.24, 2.45) is 0 Å². The summed E-state index contributed by atoms with van der Waals surface area (Å²) in [6.07, 6.45) is 4.87. The van der Waals surface area contributed by atoms with Gasteiger partial charge in [0.05, 0.1) is 24.2 Å². The molecule has 0 atom stereocenters. The Morgan fingerprint density at radius 3 is 2.71 bits per heavy atom. The summed E-state index contributed by atoms with van der Waals surface area (Å²) in [5, 5.41) is 7.67. The Morgan fingerprint density at radius 1 is 1.06 bits per heavy atom. The summed E-state index contributed by atoms with van der Waals surface area (Å²) in [6, 6.07) is 16.3. The number of rotatable bonds is 7. The summed E-state index contributed by atoms with van der Waals surface area (Å²) in [5.74, 6) is 0.812. The van der Waals surface area contributed by atoms with E-state index < -0.39 is 0 Å². The van der Waals surface area contributed by atoms with E-state index in [0.717, 1.165) is 11.1 Å². The lowest BCUT2D eigenvalue weighted by molar-refractivity contribution is 0.0952. The number of ether oxygens (including phenoxy) is 2. The van der Waals surface area contributed by atoms with Crippen LogP contribution in [0.15, 0.2) is 78.0 Å². The third kappa shape index (κ3) is 4.06. The quantitative estimate of drug-likeness (QED) is 0.390. The van der Waals surface area contributed by atoms with Gasteiger partial charge in [-0.15, -0.1) is 0 Å². The number of fused-ring (bicyclic) bond motifs is 3. The lowest BCUT2D eigenvalue weighted by Crippen LogP contribution is -2.23. The standard InChI is InChI=1S/C25H21N5O4/c1-33-22-12-17(6-7-21(22)34-15-16-8-10-26-11-9-16)13-27-24(31)19-14-28-30-20-5-3-2-4-18(20)25(32)29-23(19)30/h2-12,14H,13,15H2,1H3,(H,27,31)(H,29,32). The fourth-order valence-corrected chi connectivity index (χ4v) is 3.70. The maximum atomic E-state index is 12.9. The number of pyridine rings is 1. The van der Waals surface area contributed by atoms with Gasteiger partial charge in [0.15, 0.2) is 11.5 Å². The van der Waals surface area contributed by atoms with E-state index in [1.54, 1.807) is 48.3 Å². The number of aromatic amines is 1. The molecule has 2 N–H and O–H groups in total. The molecule has 170 valence electrons. The van der Waals surface area contributed by atoms with Crippen LogP contribution >= 0.6 is 0 Å². The van der Waals surface area contributed by atoms with Gasteiger partial charge in [0, 0.05) is 18.9 Å². The highest BCUT2D eigenvalue weighted by Gasteiger charge is 2.16. The van der Waals surface area contributed by atoms with Crippen molar-refractivity contribution < 1.29 is 14.3 Å². The molecule has 0 bridgehead atoms. The maximum absolute atomic E-state index is 12.9. The highest BCUT2D eigenvalue weighted by atomic mass is 16.5. The van der Waals surface area contributed by atoms with Gasteiger partial charge in [0.25, 0.3) is 11.5 Å². The van der Waals surface area contributed by atoms with Crippen LogP contribution in [0.4, 0.5) is 0 Å². The molecular formula is C25H21N5O4. The van der Waals surface area contributed by atoms with Crippen molar-refractivity contribution in [3.8, 4) is 11.5 Å². The number of nitrogens with one attached hydrogen (secondary N) is 2. The van der Waals surface area contributed by atoms with Crippen molar-refractivity contribution in [3.63, 3.8) is 0 Å². The largest absolute Gasteiger partial charge is 0.493 e. The Bertz CT molecular complexity index is 1540. The van der Waals surface area contributed by atoms with Gasteiger partial charge in [0.1, 0.15) is 17.8 Å². The molecule has 0 fully saturated rings. The Balaban J connectivity index is 1.31. The van der Waals surface area contributed by atoms with Crippen LogP contribution in [0.1, 0.15) is 21.5 Å². The third-order valence-corrected chi connectivity index (χ3v) is 5.45. The van der Waals surface area contributed by atoms with E-state index in [9.17, 15) is 9.59 Å². The van der Waals surface area contributed by atoms with Crippen molar-refractivity contribution in [1.82, 2.24) is 24.9 Å². The second kappa shape index (κ2) is 9.07. The number of carbonyl (C=O) groups is 1. The van der Waals surface area contributed by atoms with Crippen molar-refractivity contribution in [3.05, 3.63) is 100 Å². The van der Waals surface area contributed by atoms with Crippen molar-refractivity contribution in [1.29, 1.82) is 0 Å². The van der Waals surface area contributed by atoms with Crippen LogP contribution in [-0.4, -0.2) is 32.6 Å². The zero-order valence-electron chi connectivity index (χ0n) is 18.3. The summed E-state index contributed by atoms with van der Waals surface area (Å²) in [7, 11) is 1.57. The van der Waals surface area contributed by atoms with Crippen LogP contribution in [0.2, 0.25) is 0 Å². The highest BCUT2D eigenvalue weighted by Crippen LogP contribution is 2.29. The number of amides is 1. The van der Waals surface area contributed by atoms with E-state index in [2.05, 4.69) is 20.4 Å². The predicted molar refractivity (Wildman–Crippen MR) is 126 cm³/mol. The van der Waals surface area contributed by atoms with E-state index >= 15 is 0 Å². The van der Waals surface area contributed by atoms with Crippen LogP contribution in [0.5, 0.6) is 11.5 Å². The number of H-pyrrole nitrogens is 1. The molecular weight excluding hydrogens is 434 g/mol. The number of carbonyl (C=O) groups excluding carboxylic acids is 1. The molecule has 1 amide bonds. The summed E-state index contributed by atoms with van der Waals surface area (Å²) in [6.45, 7) is 0.644. The van der Waals surface area contributed by atoms with Crippen LogP contribution in [0, 0.1) is 0 Å². The van der Waals surface area contributed by atoms with Crippen molar-refractivity contribution in [2.75, 3.05) is 7.11 Å². The first-order chi connectivity index (χ1) is 16.6. The average molecular weight is 455 g/mol. The van der Waals surface area contributed by atoms with Gasteiger partial charge in [-0.3, -0.25) is 14.6 Å². The molecule has 0 aliphatic heterocycles. The monoisotopic (exact) mass is 455 g/mol. The van der Waals surface area contributed by atoms with E-state index in [-0.39, 0.29) is 23.6 Å². The number of methoxy groups -OCH3 is 1. The molecule has 0 aliphatic rings. The van der Waals surface area contributed by atoms with Gasteiger partial charge >= 0.3 is 0 Å². The van der Waals surface area contributed by atoms with E-state index in [1.165, 1.54) is 6.20 Å². The molecule has 5 aromatic rings. The molecule has 0 unspecified atom stereocenters. The molecule has 0 radical (unpaired) electrons. The van der Waals surface area contributed by atoms with E-state index in [1.807, 2.05) is 30.3 Å². The number of para-hydroxylation sites is 1. The number of hydrogen-bond acceptors (Lipinski definition) is 6. The van der Waals surface area contributed by atoms with Crippen LogP contribution in [0.25, 0.3) is 16.6 Å². The molecule has 3 heterocycles. The zero-order valence-corrected chi connectivity index (χ0v) is 18.3. The first kappa shape index (κ1) is 21.2. The fraction of sp³-hybridized carbons (Fsp3) is 0.120. The minimum Gasteiger partial charge on any atom is -0.493 e. The molecule has 34 heavy (non-hydrogen) atoms. The maximum Gasteiger partial charge on any atom is 0.259 e. The van der Waals surface area contributed by atoms with E-state index in [0.29, 0.717) is 34.7 Å². The van der Waals surface area contributed by atoms with Gasteiger partial charge in [-0.05, 0) is 47.5 Å². The third-order valence-electron chi connectivity index (χ3n) is 5.45. The second-order valence-corrected chi connectivity index (χ2v) is 7.60. The highest BCUT2D eigenvalue weighted by molar-refractivity contribution is 6.00. The minimum absolute atomic E-state index is 0.259. The molecule has 0 spiro atoms. The predicted octanol–water partition coefficient (Wildman–Crippen LogP) is 3.09. The fourth-order valence-electron chi connectivity index (χ4n) is 3.70. The molecule has 0 saturated heterocycles. The van der Waals surface area contributed by atoms with Crippen LogP contribution in [-0.2, 0) is 13.2 Å². The Labute approximate surface area is 194 Å². The van der Waals surface area contributed by atoms with Crippen LogP contribution in [0.3, 0.4) is 0 Å². The lowest BCUT2D eigenvalue weighted by atomic mass is 10.2. The number of aromatic nitrogens is 4. The zero-order chi connectivity index (χ0) is 23.5. The molecule has 0 saturated carbocycles. The second-order valence-electron chi connectivity index (χ2n) is 7.60. The first-order valence-electron chi connectivity index (χ1n) is 10.6. The molecule has 2 aromatic carbocycles. The van der Waals surface area contributed by atoms with E-state index in [4.69, 9.17) is 9.47 Å². The molecule has 5 rings (SSSR count). The summed E-state index contributed by atoms with van der Waals surface area (Å²) < 4.78 is 12.9. The van der Waals surface area contributed by atoms with Crippen LogP contribution < -0.4 is 20.3 Å². The molecule has 0 aliphatic carbocycles. The minimum atomic E-state index is -0.349. The van der Waals surface area contributed by atoms with Gasteiger partial charge in [-0.1, -0.05) is 18.2 Å². The Hall–Kier alpha value is -4.66. The van der Waals surface area contributed by atoms with Crippen molar-refractivity contribution in [2.45, 2.75) is 13.2 Å². The van der Waals surface area contributed by atoms with Crippen molar-refractivity contribution >= 4 is 22.5 Å². The number of hydrogen-bond donors (Lipinski definition) is 2. The Kier molecular flexibility index (Phi) is 5.65. The molecule has 3 aromatic heterocycles. The van der Waals surface area contributed by atoms with Gasteiger partial charge in [-0.2, -0.15) is 5.10 Å². The topological polar surface area (TPSA) is 111 Å². The summed E-state index contributed by atoms with van der Waals surface area (Å²) in [4.78, 5) is 32.1. The Morgan fingerprint density at radius 2 is 1.88 bits per heavy atom. The van der Waals surface area contributed by atoms with Gasteiger partial charge in [0.2, 0.25) is 0 Å². The average Bonchev–Trinajstić information content (AvgIpc) is 3.31. The lowest BCUT2D eigenvalue weighted by Gasteiger charge is -2.12. The first-order valence-corrected chi connectivity index (χ1v) is 10.6. The van der Waals surface area contributed by atoms with Gasteiger partial charge < -0.3 is 19.8 Å². The SMILES string of the molecule is COc1cc(CNC(=O)c2cnn3c2[nH]c(=O)c2ccccc23)ccc1OCc1ccncc1.